The van der Waals surface area contributed by atoms with Gasteiger partial charge in [-0.1, -0.05) is 24.1 Å². The largest absolute Gasteiger partial charge is 0.341 e. The SMILES string of the molecule is C#Cc1ccc(C2CCN(C(=O)c3ccc(C)c(-c4nc5c([nH]4)CN(C)CC5)c3)CC2)cc1. The lowest BCUT2D eigenvalue weighted by molar-refractivity contribution is 0.0713. The number of likely N-dealkylation sites (tertiary alicyclic amines) is 1. The molecule has 5 heteroatoms. The average molecular weight is 439 g/mol. The Balaban J connectivity index is 1.30. The molecule has 0 unspecified atom stereocenters. The third kappa shape index (κ3) is 4.31. The fourth-order valence-corrected chi connectivity index (χ4v) is 5.02. The quantitative estimate of drug-likeness (QED) is 0.618. The number of nitrogens with zero attached hydrogens (tertiary/aromatic N) is 3. The van der Waals surface area contributed by atoms with Gasteiger partial charge in [0.05, 0.1) is 11.4 Å². The summed E-state index contributed by atoms with van der Waals surface area (Å²) in [4.78, 5) is 26.0. The van der Waals surface area contributed by atoms with Gasteiger partial charge in [0.15, 0.2) is 0 Å². The smallest absolute Gasteiger partial charge is 0.253 e. The van der Waals surface area contributed by atoms with Gasteiger partial charge in [-0.05, 0) is 68.1 Å². The second-order valence-corrected chi connectivity index (χ2v) is 9.36. The zero-order chi connectivity index (χ0) is 22.9. The number of hydrogen-bond donors (Lipinski definition) is 1. The van der Waals surface area contributed by atoms with Crippen LogP contribution in [0.25, 0.3) is 11.4 Å². The molecule has 5 rings (SSSR count). The van der Waals surface area contributed by atoms with E-state index in [4.69, 9.17) is 11.4 Å². The van der Waals surface area contributed by atoms with Gasteiger partial charge < -0.3 is 14.8 Å². The summed E-state index contributed by atoms with van der Waals surface area (Å²) >= 11 is 0. The molecule has 0 bridgehead atoms. The lowest BCUT2D eigenvalue weighted by atomic mass is 9.88. The van der Waals surface area contributed by atoms with Gasteiger partial charge in [-0.2, -0.15) is 0 Å². The van der Waals surface area contributed by atoms with Crippen LogP contribution in [0, 0.1) is 19.3 Å². The van der Waals surface area contributed by atoms with Crippen LogP contribution >= 0.6 is 0 Å². The molecule has 2 aromatic carbocycles. The maximum atomic E-state index is 13.3. The van der Waals surface area contributed by atoms with Gasteiger partial charge in [0.2, 0.25) is 0 Å². The van der Waals surface area contributed by atoms with Crippen molar-refractivity contribution in [3.8, 4) is 23.7 Å². The Morgan fingerprint density at radius 2 is 1.88 bits per heavy atom. The van der Waals surface area contributed by atoms with Gasteiger partial charge in [-0.15, -0.1) is 6.42 Å². The summed E-state index contributed by atoms with van der Waals surface area (Å²) in [7, 11) is 2.13. The van der Waals surface area contributed by atoms with E-state index in [0.717, 1.165) is 79.2 Å². The van der Waals surface area contributed by atoms with Crippen molar-refractivity contribution < 1.29 is 4.79 Å². The van der Waals surface area contributed by atoms with Gasteiger partial charge in [-0.25, -0.2) is 4.98 Å². The highest BCUT2D eigenvalue weighted by Crippen LogP contribution is 2.30. The molecular formula is C28H30N4O. The minimum absolute atomic E-state index is 0.105. The van der Waals surface area contributed by atoms with Crippen molar-refractivity contribution in [2.45, 2.75) is 38.6 Å². The predicted molar refractivity (Wildman–Crippen MR) is 131 cm³/mol. The number of carbonyl (C=O) groups is 1. The molecule has 3 heterocycles. The number of carbonyl (C=O) groups excluding carboxylic acids is 1. The van der Waals surface area contributed by atoms with E-state index in [9.17, 15) is 4.79 Å². The summed E-state index contributed by atoms with van der Waals surface area (Å²) in [5, 5.41) is 0. The number of piperidine rings is 1. The molecule has 0 saturated carbocycles. The average Bonchev–Trinajstić information content (AvgIpc) is 3.27. The van der Waals surface area contributed by atoms with Gasteiger partial charge >= 0.3 is 0 Å². The number of H-pyrrole nitrogens is 1. The highest BCUT2D eigenvalue weighted by molar-refractivity contribution is 5.95. The number of aromatic amines is 1. The van der Waals surface area contributed by atoms with E-state index < -0.39 is 0 Å². The normalized spacial score (nSPS) is 16.9. The molecule has 0 aliphatic carbocycles. The number of amides is 1. The third-order valence-corrected chi connectivity index (χ3v) is 7.09. The molecule has 1 amide bonds. The van der Waals surface area contributed by atoms with Crippen LogP contribution in [0.15, 0.2) is 42.5 Å². The molecule has 0 spiro atoms. The van der Waals surface area contributed by atoms with E-state index in [1.54, 1.807) is 0 Å². The standard InChI is InChI=1S/C28H30N4O/c1-4-20-6-9-21(10-7-20)22-11-15-32(16-12-22)28(33)23-8-5-19(2)24(17-23)27-29-25-13-14-31(3)18-26(25)30-27/h1,5-10,17,22H,11-16,18H2,2-3H3,(H,29,30). The summed E-state index contributed by atoms with van der Waals surface area (Å²) in [6.07, 6.45) is 8.37. The number of nitrogens with one attached hydrogen (secondary N) is 1. The molecule has 3 aromatic rings. The molecule has 0 radical (unpaired) electrons. The minimum atomic E-state index is 0.105. The summed E-state index contributed by atoms with van der Waals surface area (Å²) in [6.45, 7) is 5.53. The maximum absolute atomic E-state index is 13.3. The number of fused-ring (bicyclic) bond motifs is 1. The van der Waals surface area contributed by atoms with Crippen molar-refractivity contribution >= 4 is 5.91 Å². The van der Waals surface area contributed by atoms with E-state index in [1.165, 1.54) is 11.3 Å². The number of imidazole rings is 1. The van der Waals surface area contributed by atoms with Gasteiger partial charge in [0, 0.05) is 49.3 Å². The molecule has 1 fully saturated rings. The highest BCUT2D eigenvalue weighted by Gasteiger charge is 2.25. The topological polar surface area (TPSA) is 52.2 Å². The van der Waals surface area contributed by atoms with E-state index in [-0.39, 0.29) is 5.91 Å². The summed E-state index contributed by atoms with van der Waals surface area (Å²) < 4.78 is 0. The summed E-state index contributed by atoms with van der Waals surface area (Å²) in [6, 6.07) is 14.3. The number of benzene rings is 2. The second kappa shape index (κ2) is 8.88. The minimum Gasteiger partial charge on any atom is -0.341 e. The Labute approximate surface area is 195 Å². The van der Waals surface area contributed by atoms with Crippen molar-refractivity contribution in [2.75, 3.05) is 26.7 Å². The van der Waals surface area contributed by atoms with Crippen LogP contribution in [-0.2, 0) is 13.0 Å². The van der Waals surface area contributed by atoms with E-state index in [2.05, 4.69) is 41.9 Å². The van der Waals surface area contributed by atoms with Crippen LogP contribution in [-0.4, -0.2) is 52.4 Å². The van der Waals surface area contributed by atoms with Crippen molar-refractivity contribution in [3.63, 3.8) is 0 Å². The fourth-order valence-electron chi connectivity index (χ4n) is 5.02. The van der Waals surface area contributed by atoms with Gasteiger partial charge in [0.1, 0.15) is 5.82 Å². The van der Waals surface area contributed by atoms with Crippen molar-refractivity contribution in [1.29, 1.82) is 0 Å². The van der Waals surface area contributed by atoms with E-state index >= 15 is 0 Å². The van der Waals surface area contributed by atoms with E-state index in [1.807, 2.05) is 35.2 Å². The molecule has 1 N–H and O–H groups in total. The zero-order valence-electron chi connectivity index (χ0n) is 19.4. The number of rotatable bonds is 3. The molecule has 2 aliphatic rings. The lowest BCUT2D eigenvalue weighted by Crippen LogP contribution is -2.37. The molecule has 5 nitrogen and oxygen atoms in total. The number of likely N-dealkylation sites (N-methyl/N-ethyl adjacent to an activating group) is 1. The van der Waals surface area contributed by atoms with Gasteiger partial charge in [0.25, 0.3) is 5.91 Å². The van der Waals surface area contributed by atoms with Crippen molar-refractivity contribution in [1.82, 2.24) is 19.8 Å². The van der Waals surface area contributed by atoms with Crippen molar-refractivity contribution in [3.05, 3.63) is 76.1 Å². The van der Waals surface area contributed by atoms with Gasteiger partial charge in [-0.3, -0.25) is 4.79 Å². The van der Waals surface area contributed by atoms with Crippen LogP contribution in [0.3, 0.4) is 0 Å². The van der Waals surface area contributed by atoms with Crippen LogP contribution in [0.5, 0.6) is 0 Å². The lowest BCUT2D eigenvalue weighted by Gasteiger charge is -2.32. The maximum Gasteiger partial charge on any atom is 0.253 e. The first kappa shape index (κ1) is 21.5. The Morgan fingerprint density at radius 1 is 1.12 bits per heavy atom. The zero-order valence-corrected chi connectivity index (χ0v) is 19.4. The summed E-state index contributed by atoms with van der Waals surface area (Å²) in [5.41, 5.74) is 7.43. The summed E-state index contributed by atoms with van der Waals surface area (Å²) in [5.74, 6) is 4.12. The first-order valence-corrected chi connectivity index (χ1v) is 11.7. The van der Waals surface area contributed by atoms with Crippen LogP contribution in [0.2, 0.25) is 0 Å². The molecule has 0 atom stereocenters. The van der Waals surface area contributed by atoms with E-state index in [0.29, 0.717) is 5.92 Å². The number of terminal acetylenes is 1. The number of hydrogen-bond acceptors (Lipinski definition) is 3. The van der Waals surface area contributed by atoms with Crippen molar-refractivity contribution in [2.24, 2.45) is 0 Å². The molecule has 1 saturated heterocycles. The number of aromatic nitrogens is 2. The first-order valence-electron chi connectivity index (χ1n) is 11.7. The Morgan fingerprint density at radius 3 is 2.61 bits per heavy atom. The predicted octanol–water partition coefficient (Wildman–Crippen LogP) is 4.37. The number of aryl methyl sites for hydroxylation is 1. The Bertz CT molecular complexity index is 1210. The highest BCUT2D eigenvalue weighted by atomic mass is 16.2. The monoisotopic (exact) mass is 438 g/mol. The van der Waals surface area contributed by atoms with Crippen LogP contribution in [0.4, 0.5) is 0 Å². The second-order valence-electron chi connectivity index (χ2n) is 9.36. The first-order chi connectivity index (χ1) is 16.0. The van der Waals surface area contributed by atoms with Crippen LogP contribution in [0.1, 0.15) is 57.2 Å². The Hall–Kier alpha value is -3.36. The molecule has 33 heavy (non-hydrogen) atoms. The third-order valence-electron chi connectivity index (χ3n) is 7.09. The fraction of sp³-hybridized carbons (Fsp3) is 0.357. The molecule has 1 aromatic heterocycles. The molecule has 168 valence electrons. The van der Waals surface area contributed by atoms with Crippen LogP contribution < -0.4 is 0 Å². The molecular weight excluding hydrogens is 408 g/mol. The molecule has 2 aliphatic heterocycles. The Kier molecular flexibility index (Phi) is 5.78.